The molecule has 2 N–H and O–H groups in total. The zero-order valence-electron chi connectivity index (χ0n) is 12.8. The van der Waals surface area contributed by atoms with Crippen molar-refractivity contribution in [2.75, 3.05) is 0 Å². The van der Waals surface area contributed by atoms with Crippen LogP contribution >= 0.6 is 0 Å². The predicted octanol–water partition coefficient (Wildman–Crippen LogP) is 1.92. The van der Waals surface area contributed by atoms with E-state index in [0.29, 0.717) is 18.5 Å². The van der Waals surface area contributed by atoms with Crippen LogP contribution in [0.4, 0.5) is 0 Å². The molecule has 1 saturated carbocycles. The van der Waals surface area contributed by atoms with Crippen LogP contribution < -0.4 is 5.32 Å². The molecule has 0 unspecified atom stereocenters. The number of aliphatic carboxylic acids is 1. The van der Waals surface area contributed by atoms with Crippen molar-refractivity contribution in [3.63, 3.8) is 0 Å². The molecule has 1 heterocycles. The molecule has 1 aromatic rings. The first kappa shape index (κ1) is 15.5. The highest BCUT2D eigenvalue weighted by Crippen LogP contribution is 2.24. The van der Waals surface area contributed by atoms with Crippen LogP contribution in [0.2, 0.25) is 0 Å². The molecule has 21 heavy (non-hydrogen) atoms. The molecule has 0 radical (unpaired) electrons. The van der Waals surface area contributed by atoms with E-state index in [1.807, 2.05) is 19.9 Å². The number of rotatable bonds is 4. The molecule has 116 valence electrons. The Kier molecular flexibility index (Phi) is 4.65. The molecule has 0 atom stereocenters. The number of carboxylic acids is 1. The van der Waals surface area contributed by atoms with Gasteiger partial charge in [0.25, 0.3) is 5.91 Å². The van der Waals surface area contributed by atoms with Gasteiger partial charge >= 0.3 is 5.97 Å². The smallest absolute Gasteiger partial charge is 0.306 e. The number of amides is 1. The lowest BCUT2D eigenvalue weighted by Crippen LogP contribution is -2.39. The Hall–Kier alpha value is -1.85. The van der Waals surface area contributed by atoms with Crippen LogP contribution in [-0.4, -0.2) is 32.8 Å². The second-order valence-corrected chi connectivity index (χ2v) is 6.09. The highest BCUT2D eigenvalue weighted by Gasteiger charge is 2.27. The van der Waals surface area contributed by atoms with E-state index in [4.69, 9.17) is 5.11 Å². The maximum Gasteiger partial charge on any atom is 0.306 e. The Labute approximate surface area is 124 Å². The number of carbonyl (C=O) groups is 2. The van der Waals surface area contributed by atoms with Gasteiger partial charge in [0.15, 0.2) is 0 Å². The maximum absolute atomic E-state index is 12.3. The van der Waals surface area contributed by atoms with Crippen LogP contribution in [0.3, 0.4) is 0 Å². The summed E-state index contributed by atoms with van der Waals surface area (Å²) in [6, 6.07) is 1.88. The first-order valence-corrected chi connectivity index (χ1v) is 7.46. The Morgan fingerprint density at radius 2 is 1.95 bits per heavy atom. The van der Waals surface area contributed by atoms with Gasteiger partial charge in [0.05, 0.1) is 11.6 Å². The van der Waals surface area contributed by atoms with Gasteiger partial charge in [0.1, 0.15) is 5.69 Å². The van der Waals surface area contributed by atoms with Crippen molar-refractivity contribution in [2.24, 2.45) is 13.0 Å². The van der Waals surface area contributed by atoms with Crippen molar-refractivity contribution in [3.05, 3.63) is 17.5 Å². The lowest BCUT2D eigenvalue weighted by atomic mass is 9.86. The Bertz CT molecular complexity index is 528. The molecule has 1 aliphatic rings. The molecule has 6 nitrogen and oxygen atoms in total. The molecular formula is C15H23N3O3. The minimum Gasteiger partial charge on any atom is -0.481 e. The fourth-order valence-corrected chi connectivity index (χ4v) is 2.73. The molecule has 0 saturated heterocycles. The summed E-state index contributed by atoms with van der Waals surface area (Å²) >= 11 is 0. The second-order valence-electron chi connectivity index (χ2n) is 6.09. The van der Waals surface area contributed by atoms with E-state index < -0.39 is 5.97 Å². The van der Waals surface area contributed by atoms with Gasteiger partial charge in [-0.1, -0.05) is 13.8 Å². The van der Waals surface area contributed by atoms with E-state index in [-0.39, 0.29) is 23.8 Å². The number of hydrogen-bond donors (Lipinski definition) is 2. The van der Waals surface area contributed by atoms with Gasteiger partial charge in [-0.15, -0.1) is 0 Å². The number of aromatic nitrogens is 2. The van der Waals surface area contributed by atoms with E-state index in [2.05, 4.69) is 10.4 Å². The average molecular weight is 293 g/mol. The van der Waals surface area contributed by atoms with Gasteiger partial charge in [0, 0.05) is 13.1 Å². The van der Waals surface area contributed by atoms with Crippen molar-refractivity contribution in [3.8, 4) is 0 Å². The fourth-order valence-electron chi connectivity index (χ4n) is 2.73. The minimum atomic E-state index is -0.729. The molecule has 1 amide bonds. The van der Waals surface area contributed by atoms with Crippen molar-refractivity contribution in [2.45, 2.75) is 51.5 Å². The second kappa shape index (κ2) is 6.28. The molecule has 0 aromatic carbocycles. The van der Waals surface area contributed by atoms with Gasteiger partial charge in [-0.05, 0) is 37.7 Å². The van der Waals surface area contributed by atoms with Gasteiger partial charge < -0.3 is 10.4 Å². The van der Waals surface area contributed by atoms with E-state index in [1.54, 1.807) is 11.7 Å². The lowest BCUT2D eigenvalue weighted by molar-refractivity contribution is -0.142. The van der Waals surface area contributed by atoms with E-state index >= 15 is 0 Å². The Morgan fingerprint density at radius 3 is 2.43 bits per heavy atom. The highest BCUT2D eigenvalue weighted by molar-refractivity contribution is 5.92. The molecule has 1 aromatic heterocycles. The quantitative estimate of drug-likeness (QED) is 0.888. The number of nitrogens with one attached hydrogen (secondary N) is 1. The minimum absolute atomic E-state index is 0.0606. The number of carboxylic acid groups (broad SMARTS) is 1. The number of carbonyl (C=O) groups excluding carboxylic acids is 1. The van der Waals surface area contributed by atoms with Crippen molar-refractivity contribution in [1.82, 2.24) is 15.1 Å². The zero-order valence-corrected chi connectivity index (χ0v) is 12.8. The third-order valence-corrected chi connectivity index (χ3v) is 4.13. The van der Waals surface area contributed by atoms with Crippen molar-refractivity contribution < 1.29 is 14.7 Å². The molecule has 0 aliphatic heterocycles. The van der Waals surface area contributed by atoms with Crippen LogP contribution in [0.5, 0.6) is 0 Å². The summed E-state index contributed by atoms with van der Waals surface area (Å²) in [7, 11) is 1.77. The van der Waals surface area contributed by atoms with Gasteiger partial charge in [-0.2, -0.15) is 5.10 Å². The molecule has 6 heteroatoms. The summed E-state index contributed by atoms with van der Waals surface area (Å²) in [5.41, 5.74) is 1.45. The number of nitrogens with zero attached hydrogens (tertiary/aromatic N) is 2. The predicted molar refractivity (Wildman–Crippen MR) is 78.1 cm³/mol. The summed E-state index contributed by atoms with van der Waals surface area (Å²) in [6.07, 6.45) is 2.70. The summed E-state index contributed by atoms with van der Waals surface area (Å²) in [4.78, 5) is 23.2. The van der Waals surface area contributed by atoms with Gasteiger partial charge in [0.2, 0.25) is 0 Å². The summed E-state index contributed by atoms with van der Waals surface area (Å²) in [6.45, 7) is 4.08. The molecule has 0 bridgehead atoms. The van der Waals surface area contributed by atoms with Crippen LogP contribution in [0.25, 0.3) is 0 Å². The standard InChI is InChI=1S/C15H23N3O3/c1-9(2)12-8-13(18(3)17-12)14(19)16-11-6-4-10(5-7-11)15(20)21/h8-11H,4-7H2,1-3H3,(H,16,19)(H,20,21). The molecule has 0 spiro atoms. The monoisotopic (exact) mass is 293 g/mol. The average Bonchev–Trinajstić information content (AvgIpc) is 2.81. The molecule has 1 aliphatic carbocycles. The van der Waals surface area contributed by atoms with E-state index in [0.717, 1.165) is 18.5 Å². The number of hydrogen-bond acceptors (Lipinski definition) is 3. The normalized spacial score (nSPS) is 22.3. The number of aryl methyl sites for hydroxylation is 1. The SMILES string of the molecule is CC(C)c1cc(C(=O)NC2CCC(C(=O)O)CC2)n(C)n1. The Balaban J connectivity index is 1.95. The van der Waals surface area contributed by atoms with E-state index in [9.17, 15) is 9.59 Å². The highest BCUT2D eigenvalue weighted by atomic mass is 16.4. The van der Waals surface area contributed by atoms with Crippen molar-refractivity contribution >= 4 is 11.9 Å². The van der Waals surface area contributed by atoms with Gasteiger partial charge in [-0.25, -0.2) is 0 Å². The first-order valence-electron chi connectivity index (χ1n) is 7.46. The van der Waals surface area contributed by atoms with Gasteiger partial charge in [-0.3, -0.25) is 14.3 Å². The summed E-state index contributed by atoms with van der Waals surface area (Å²) < 4.78 is 1.60. The fraction of sp³-hybridized carbons (Fsp3) is 0.667. The lowest BCUT2D eigenvalue weighted by Gasteiger charge is -2.26. The third-order valence-electron chi connectivity index (χ3n) is 4.13. The largest absolute Gasteiger partial charge is 0.481 e. The van der Waals surface area contributed by atoms with E-state index in [1.165, 1.54) is 0 Å². The topological polar surface area (TPSA) is 84.2 Å². The van der Waals surface area contributed by atoms with Crippen molar-refractivity contribution in [1.29, 1.82) is 0 Å². The molecule has 1 fully saturated rings. The van der Waals surface area contributed by atoms with Crippen LogP contribution in [0.1, 0.15) is 61.6 Å². The van der Waals surface area contributed by atoms with Crippen LogP contribution in [0, 0.1) is 5.92 Å². The van der Waals surface area contributed by atoms with Crippen LogP contribution in [-0.2, 0) is 11.8 Å². The third kappa shape index (κ3) is 3.62. The Morgan fingerprint density at radius 1 is 1.33 bits per heavy atom. The molecule has 2 rings (SSSR count). The van der Waals surface area contributed by atoms with Crippen LogP contribution in [0.15, 0.2) is 6.07 Å². The molecular weight excluding hydrogens is 270 g/mol. The maximum atomic E-state index is 12.3. The summed E-state index contributed by atoms with van der Waals surface area (Å²) in [5.74, 6) is -0.838. The summed E-state index contributed by atoms with van der Waals surface area (Å²) in [5, 5.41) is 16.3. The first-order chi connectivity index (χ1) is 9.88. The zero-order chi connectivity index (χ0) is 15.6.